The van der Waals surface area contributed by atoms with Crippen molar-refractivity contribution < 1.29 is 24.1 Å². The summed E-state index contributed by atoms with van der Waals surface area (Å²) in [7, 11) is 0. The Balaban J connectivity index is 2.05. The van der Waals surface area contributed by atoms with Crippen LogP contribution in [-0.2, 0) is 6.61 Å². The highest BCUT2D eigenvalue weighted by Crippen LogP contribution is 2.31. The number of benzene rings is 1. The van der Waals surface area contributed by atoms with Crippen molar-refractivity contribution in [3.63, 3.8) is 0 Å². The van der Waals surface area contributed by atoms with Gasteiger partial charge in [0, 0.05) is 23.3 Å². The van der Waals surface area contributed by atoms with E-state index in [-0.39, 0.29) is 35.0 Å². The van der Waals surface area contributed by atoms with E-state index < -0.39 is 11.9 Å². The fraction of sp³-hybridized carbons (Fsp3) is 0.133. The van der Waals surface area contributed by atoms with Crippen molar-refractivity contribution in [2.45, 2.75) is 13.5 Å². The Morgan fingerprint density at radius 2 is 2.17 bits per heavy atom. The molecule has 3 rings (SSSR count). The Hall–Kier alpha value is -3.00. The van der Waals surface area contributed by atoms with E-state index in [1.807, 2.05) is 0 Å². The molecule has 2 aromatic heterocycles. The third-order valence-corrected chi connectivity index (χ3v) is 3.30. The van der Waals surface area contributed by atoms with Gasteiger partial charge in [-0.3, -0.25) is 0 Å². The zero-order valence-electron chi connectivity index (χ0n) is 12.0. The Morgan fingerprint density at radius 3 is 2.87 bits per heavy atom. The summed E-state index contributed by atoms with van der Waals surface area (Å²) in [5.41, 5.74) is 0.631. The van der Waals surface area contributed by atoms with Crippen molar-refractivity contribution in [3.05, 3.63) is 47.8 Å². The molecule has 0 amide bonds. The molecule has 3 aromatic rings. The lowest BCUT2D eigenvalue weighted by Gasteiger charge is -2.07. The highest BCUT2D eigenvalue weighted by molar-refractivity contribution is 5.91. The highest BCUT2D eigenvalue weighted by atomic mass is 19.1. The monoisotopic (exact) mass is 317 g/mol. The normalized spacial score (nSPS) is 10.9. The SMILES string of the molecule is Cc1cc2c(F)c(Oc3ccnc(CO)n3)ccc2n1C(=O)O. The molecule has 2 heterocycles. The first-order valence-corrected chi connectivity index (χ1v) is 6.65. The first kappa shape index (κ1) is 14.9. The van der Waals surface area contributed by atoms with E-state index in [2.05, 4.69) is 9.97 Å². The van der Waals surface area contributed by atoms with E-state index in [0.717, 1.165) is 4.57 Å². The second-order valence-electron chi connectivity index (χ2n) is 4.79. The van der Waals surface area contributed by atoms with Crippen LogP contribution >= 0.6 is 0 Å². The largest absolute Gasteiger partial charge is 0.464 e. The molecule has 0 aliphatic rings. The van der Waals surface area contributed by atoms with Gasteiger partial charge in [-0.1, -0.05) is 0 Å². The van der Waals surface area contributed by atoms with Crippen LogP contribution in [0.3, 0.4) is 0 Å². The van der Waals surface area contributed by atoms with Crippen LogP contribution in [0.1, 0.15) is 11.5 Å². The number of aliphatic hydroxyl groups excluding tert-OH is 1. The Labute approximate surface area is 129 Å². The number of hydrogen-bond donors (Lipinski definition) is 2. The van der Waals surface area contributed by atoms with Crippen LogP contribution in [0.5, 0.6) is 11.6 Å². The number of fused-ring (bicyclic) bond motifs is 1. The van der Waals surface area contributed by atoms with E-state index in [9.17, 15) is 14.3 Å². The van der Waals surface area contributed by atoms with Crippen LogP contribution in [0, 0.1) is 12.7 Å². The predicted octanol–water partition coefficient (Wildman–Crippen LogP) is 2.69. The molecular formula is C15H12FN3O4. The maximum Gasteiger partial charge on any atom is 0.416 e. The van der Waals surface area contributed by atoms with Gasteiger partial charge in [0.15, 0.2) is 17.4 Å². The fourth-order valence-electron chi connectivity index (χ4n) is 2.32. The summed E-state index contributed by atoms with van der Waals surface area (Å²) in [5.74, 6) is -0.550. The maximum absolute atomic E-state index is 14.6. The van der Waals surface area contributed by atoms with E-state index in [4.69, 9.17) is 9.84 Å². The van der Waals surface area contributed by atoms with Gasteiger partial charge >= 0.3 is 6.09 Å². The number of carboxylic acid groups (broad SMARTS) is 1. The lowest BCUT2D eigenvalue weighted by Crippen LogP contribution is -2.09. The van der Waals surface area contributed by atoms with Gasteiger partial charge in [-0.05, 0) is 25.1 Å². The Kier molecular flexibility index (Phi) is 3.67. The van der Waals surface area contributed by atoms with Crippen LogP contribution in [0.2, 0.25) is 0 Å². The van der Waals surface area contributed by atoms with E-state index in [1.165, 1.54) is 30.5 Å². The molecule has 0 atom stereocenters. The standard InChI is InChI=1S/C15H12FN3O4/c1-8-6-9-10(19(8)15(21)22)2-3-11(14(9)16)23-13-4-5-17-12(7-20)18-13/h2-6,20H,7H2,1H3,(H,21,22). The molecule has 0 spiro atoms. The number of carbonyl (C=O) groups is 1. The predicted molar refractivity (Wildman–Crippen MR) is 78.1 cm³/mol. The van der Waals surface area contributed by atoms with Gasteiger partial charge in [0.05, 0.1) is 5.52 Å². The smallest absolute Gasteiger partial charge is 0.416 e. The van der Waals surface area contributed by atoms with Gasteiger partial charge in [0.1, 0.15) is 6.61 Å². The van der Waals surface area contributed by atoms with Crippen LogP contribution in [0.15, 0.2) is 30.5 Å². The molecule has 1 aromatic carbocycles. The Morgan fingerprint density at radius 1 is 1.39 bits per heavy atom. The molecule has 7 nitrogen and oxygen atoms in total. The minimum Gasteiger partial charge on any atom is -0.464 e. The van der Waals surface area contributed by atoms with E-state index in [1.54, 1.807) is 6.92 Å². The topological polar surface area (TPSA) is 97.5 Å². The number of rotatable bonds is 3. The molecule has 0 radical (unpaired) electrons. The minimum atomic E-state index is -1.19. The van der Waals surface area contributed by atoms with E-state index >= 15 is 0 Å². The first-order chi connectivity index (χ1) is 11.0. The number of hydrogen-bond acceptors (Lipinski definition) is 5. The Bertz CT molecular complexity index is 907. The molecular weight excluding hydrogens is 305 g/mol. The van der Waals surface area contributed by atoms with Crippen molar-refractivity contribution in [1.29, 1.82) is 0 Å². The molecule has 0 fully saturated rings. The van der Waals surface area contributed by atoms with Gasteiger partial charge in [-0.25, -0.2) is 18.7 Å². The molecule has 2 N–H and O–H groups in total. The second-order valence-corrected chi connectivity index (χ2v) is 4.79. The summed E-state index contributed by atoms with van der Waals surface area (Å²) < 4.78 is 20.9. The minimum absolute atomic E-state index is 0.0803. The summed E-state index contributed by atoms with van der Waals surface area (Å²) in [6, 6.07) is 5.65. The van der Waals surface area contributed by atoms with Gasteiger partial charge in [0.2, 0.25) is 5.88 Å². The fourth-order valence-corrected chi connectivity index (χ4v) is 2.32. The summed E-state index contributed by atoms with van der Waals surface area (Å²) in [6.07, 6.45) is 0.198. The van der Waals surface area contributed by atoms with Crippen molar-refractivity contribution >= 4 is 17.0 Å². The maximum atomic E-state index is 14.6. The van der Waals surface area contributed by atoms with Crippen LogP contribution < -0.4 is 4.74 Å². The third kappa shape index (κ3) is 2.59. The first-order valence-electron chi connectivity index (χ1n) is 6.65. The summed E-state index contributed by atoms with van der Waals surface area (Å²) in [5, 5.41) is 18.3. The van der Waals surface area contributed by atoms with Gasteiger partial charge < -0.3 is 14.9 Å². The average molecular weight is 317 g/mol. The van der Waals surface area contributed by atoms with Crippen molar-refractivity contribution in [2.24, 2.45) is 0 Å². The number of nitrogens with zero attached hydrogens (tertiary/aromatic N) is 3. The number of halogens is 1. The molecule has 0 saturated carbocycles. The number of aliphatic hydroxyl groups is 1. The number of aryl methyl sites for hydroxylation is 1. The van der Waals surface area contributed by atoms with Crippen LogP contribution in [0.4, 0.5) is 9.18 Å². The lowest BCUT2D eigenvalue weighted by molar-refractivity contribution is 0.197. The quantitative estimate of drug-likeness (QED) is 0.771. The third-order valence-electron chi connectivity index (χ3n) is 3.30. The average Bonchev–Trinajstić information content (AvgIpc) is 2.87. The molecule has 8 heteroatoms. The van der Waals surface area contributed by atoms with E-state index in [0.29, 0.717) is 5.69 Å². The van der Waals surface area contributed by atoms with Crippen LogP contribution in [-0.4, -0.2) is 30.8 Å². The van der Waals surface area contributed by atoms with Crippen molar-refractivity contribution in [2.75, 3.05) is 0 Å². The van der Waals surface area contributed by atoms with Gasteiger partial charge in [0.25, 0.3) is 0 Å². The number of aromatic nitrogens is 3. The van der Waals surface area contributed by atoms with Gasteiger partial charge in [-0.15, -0.1) is 0 Å². The summed E-state index contributed by atoms with van der Waals surface area (Å²) >= 11 is 0. The molecule has 0 saturated heterocycles. The van der Waals surface area contributed by atoms with Crippen molar-refractivity contribution in [3.8, 4) is 11.6 Å². The van der Waals surface area contributed by atoms with Crippen LogP contribution in [0.25, 0.3) is 10.9 Å². The zero-order chi connectivity index (χ0) is 16.6. The highest BCUT2D eigenvalue weighted by Gasteiger charge is 2.17. The lowest BCUT2D eigenvalue weighted by atomic mass is 10.2. The summed E-state index contributed by atoms with van der Waals surface area (Å²) in [4.78, 5) is 18.9. The zero-order valence-corrected chi connectivity index (χ0v) is 12.0. The molecule has 118 valence electrons. The number of ether oxygens (including phenoxy) is 1. The molecule has 0 unspecified atom stereocenters. The summed E-state index contributed by atoms with van der Waals surface area (Å²) in [6.45, 7) is 1.21. The van der Waals surface area contributed by atoms with Gasteiger partial charge in [-0.2, -0.15) is 4.98 Å². The molecule has 23 heavy (non-hydrogen) atoms. The molecule has 0 aliphatic heterocycles. The van der Waals surface area contributed by atoms with Crippen molar-refractivity contribution in [1.82, 2.24) is 14.5 Å². The molecule has 0 bridgehead atoms. The second kappa shape index (κ2) is 5.65. The molecule has 0 aliphatic carbocycles.